The van der Waals surface area contributed by atoms with Crippen LogP contribution in [0.15, 0.2) is 101 Å². The zero-order valence-electron chi connectivity index (χ0n) is 21.5. The number of amides is 3. The molecule has 39 heavy (non-hydrogen) atoms. The van der Waals surface area contributed by atoms with Crippen molar-refractivity contribution in [2.24, 2.45) is 0 Å². The topological polar surface area (TPSA) is 100 Å². The number of carbonyl (C=O) groups excluding carboxylic acids is 3. The molecular weight excluding hydrogens is 528 g/mol. The maximum absolute atomic E-state index is 13.4. The first-order valence-corrected chi connectivity index (χ1v) is 14.1. The summed E-state index contributed by atoms with van der Waals surface area (Å²) in [6.45, 7) is 3.93. The Bertz CT molecular complexity index is 1450. The maximum atomic E-state index is 13.4. The third-order valence-electron chi connectivity index (χ3n) is 5.61. The molecule has 3 amide bonds. The van der Waals surface area contributed by atoms with Crippen molar-refractivity contribution in [3.8, 4) is 0 Å². The van der Waals surface area contributed by atoms with Gasteiger partial charge in [0.05, 0.1) is 5.25 Å². The van der Waals surface area contributed by atoms with Crippen LogP contribution in [0.3, 0.4) is 0 Å². The van der Waals surface area contributed by atoms with Gasteiger partial charge in [0.25, 0.3) is 11.8 Å². The molecule has 0 fully saturated rings. The van der Waals surface area contributed by atoms with Crippen molar-refractivity contribution in [2.45, 2.75) is 30.4 Å². The predicted molar refractivity (Wildman–Crippen MR) is 159 cm³/mol. The summed E-state index contributed by atoms with van der Waals surface area (Å²) in [6, 6.07) is 23.7. The Morgan fingerprint density at radius 2 is 1.74 bits per heavy atom. The minimum Gasteiger partial charge on any atom is -0.321 e. The Kier molecular flexibility index (Phi) is 9.66. The molecule has 1 heterocycles. The summed E-state index contributed by atoms with van der Waals surface area (Å²) in [7, 11) is 0. The average molecular weight is 557 g/mol. The van der Waals surface area contributed by atoms with Crippen molar-refractivity contribution in [3.05, 3.63) is 113 Å². The van der Waals surface area contributed by atoms with E-state index in [0.29, 0.717) is 22.8 Å². The number of thiazole rings is 1. The molecule has 0 radical (unpaired) electrons. The Morgan fingerprint density at radius 3 is 2.44 bits per heavy atom. The quantitative estimate of drug-likeness (QED) is 0.156. The van der Waals surface area contributed by atoms with E-state index >= 15 is 0 Å². The smallest absolute Gasteiger partial charge is 0.272 e. The lowest BCUT2D eigenvalue weighted by molar-refractivity contribution is -0.116. The van der Waals surface area contributed by atoms with E-state index < -0.39 is 5.91 Å². The molecule has 0 aliphatic carbocycles. The predicted octanol–water partition coefficient (Wildman–Crippen LogP) is 6.37. The molecule has 1 atom stereocenters. The summed E-state index contributed by atoms with van der Waals surface area (Å²) < 4.78 is 0. The molecule has 7 nitrogen and oxygen atoms in total. The third kappa shape index (κ3) is 8.13. The molecular formula is C30H28N4O3S2. The molecule has 0 saturated heterocycles. The number of hydrogen-bond acceptors (Lipinski definition) is 6. The number of nitrogens with one attached hydrogen (secondary N) is 3. The highest BCUT2D eigenvalue weighted by molar-refractivity contribution is 8.00. The highest BCUT2D eigenvalue weighted by Gasteiger charge is 2.20. The Balaban J connectivity index is 1.50. The maximum Gasteiger partial charge on any atom is 0.272 e. The van der Waals surface area contributed by atoms with Crippen molar-refractivity contribution in [1.29, 1.82) is 0 Å². The van der Waals surface area contributed by atoms with Crippen molar-refractivity contribution in [2.75, 3.05) is 10.6 Å². The standard InChI is InChI=1S/C30H28N4O3S2/c1-3-26(29(37)34-30-31-16-17-38-30)39-24-11-7-10-23(19-24)32-28(36)25(18-21-14-12-20(2)13-15-21)33-27(35)22-8-5-4-6-9-22/h4-19,26H,3H2,1-2H3,(H,32,36)(H,33,35)(H,31,34,37)/b25-18-. The summed E-state index contributed by atoms with van der Waals surface area (Å²) in [4.78, 5) is 43.9. The molecule has 3 N–H and O–H groups in total. The summed E-state index contributed by atoms with van der Waals surface area (Å²) in [5, 5.41) is 10.5. The van der Waals surface area contributed by atoms with Crippen LogP contribution in [-0.2, 0) is 9.59 Å². The molecule has 0 spiro atoms. The van der Waals surface area contributed by atoms with Crippen molar-refractivity contribution in [3.63, 3.8) is 0 Å². The average Bonchev–Trinajstić information content (AvgIpc) is 3.46. The molecule has 0 aliphatic heterocycles. The number of benzene rings is 3. The van der Waals surface area contributed by atoms with Crippen LogP contribution in [0.5, 0.6) is 0 Å². The second-order valence-electron chi connectivity index (χ2n) is 8.61. The van der Waals surface area contributed by atoms with E-state index in [1.54, 1.807) is 48.0 Å². The van der Waals surface area contributed by atoms with Crippen LogP contribution < -0.4 is 16.0 Å². The summed E-state index contributed by atoms with van der Waals surface area (Å²) >= 11 is 2.78. The number of thioether (sulfide) groups is 1. The van der Waals surface area contributed by atoms with Crippen LogP contribution in [-0.4, -0.2) is 28.0 Å². The molecule has 0 aliphatic rings. The summed E-state index contributed by atoms with van der Waals surface area (Å²) in [6.07, 6.45) is 3.90. The van der Waals surface area contributed by atoms with Crippen LogP contribution in [0.1, 0.15) is 34.8 Å². The van der Waals surface area contributed by atoms with Gasteiger partial charge in [-0.25, -0.2) is 4.98 Å². The largest absolute Gasteiger partial charge is 0.321 e. The van der Waals surface area contributed by atoms with E-state index in [9.17, 15) is 14.4 Å². The summed E-state index contributed by atoms with van der Waals surface area (Å²) in [5.74, 6) is -0.972. The molecule has 1 unspecified atom stereocenters. The summed E-state index contributed by atoms with van der Waals surface area (Å²) in [5.41, 5.74) is 2.97. The molecule has 0 saturated carbocycles. The van der Waals surface area contributed by atoms with Crippen LogP contribution in [0.25, 0.3) is 6.08 Å². The second kappa shape index (κ2) is 13.5. The minimum absolute atomic E-state index is 0.111. The van der Waals surface area contributed by atoms with E-state index in [-0.39, 0.29) is 22.8 Å². The zero-order valence-corrected chi connectivity index (χ0v) is 23.1. The number of anilines is 2. The number of hydrogen-bond donors (Lipinski definition) is 3. The van der Waals surface area contributed by atoms with Crippen LogP contribution >= 0.6 is 23.1 Å². The lowest BCUT2D eigenvalue weighted by atomic mass is 10.1. The molecule has 4 aromatic rings. The molecule has 0 bridgehead atoms. The normalized spacial score (nSPS) is 11.9. The molecule has 3 aromatic carbocycles. The number of nitrogens with zero attached hydrogens (tertiary/aromatic N) is 1. The SMILES string of the molecule is CCC(Sc1cccc(NC(=O)/C(=C/c2ccc(C)cc2)NC(=O)c2ccccc2)c1)C(=O)Nc1nccs1. The Labute approximate surface area is 235 Å². The van der Waals surface area contributed by atoms with Crippen LogP contribution in [0.4, 0.5) is 10.8 Å². The highest BCUT2D eigenvalue weighted by Crippen LogP contribution is 2.29. The zero-order chi connectivity index (χ0) is 27.6. The van der Waals surface area contributed by atoms with Gasteiger partial charge in [-0.3, -0.25) is 14.4 Å². The van der Waals surface area contributed by atoms with Gasteiger partial charge in [-0.1, -0.05) is 61.0 Å². The lowest BCUT2D eigenvalue weighted by Crippen LogP contribution is -2.30. The number of carbonyl (C=O) groups is 3. The first-order valence-electron chi connectivity index (χ1n) is 12.3. The Morgan fingerprint density at radius 1 is 0.974 bits per heavy atom. The lowest BCUT2D eigenvalue weighted by Gasteiger charge is -2.15. The monoisotopic (exact) mass is 556 g/mol. The van der Waals surface area contributed by atoms with Gasteiger partial charge in [0, 0.05) is 27.7 Å². The fourth-order valence-corrected chi connectivity index (χ4v) is 5.12. The number of aromatic nitrogens is 1. The molecule has 9 heteroatoms. The van der Waals surface area contributed by atoms with E-state index in [2.05, 4.69) is 20.9 Å². The van der Waals surface area contributed by atoms with Crippen molar-refractivity contribution >= 4 is 57.7 Å². The number of aryl methyl sites for hydroxylation is 1. The first kappa shape index (κ1) is 27.8. The van der Waals surface area contributed by atoms with Crippen LogP contribution in [0.2, 0.25) is 0 Å². The van der Waals surface area contributed by atoms with Gasteiger partial charge >= 0.3 is 0 Å². The fourth-order valence-electron chi connectivity index (χ4n) is 3.57. The van der Waals surface area contributed by atoms with E-state index in [4.69, 9.17) is 0 Å². The van der Waals surface area contributed by atoms with Gasteiger partial charge in [0.15, 0.2) is 5.13 Å². The first-order chi connectivity index (χ1) is 18.9. The van der Waals surface area contributed by atoms with Crippen molar-refractivity contribution < 1.29 is 14.4 Å². The van der Waals surface area contributed by atoms with Gasteiger partial charge in [-0.15, -0.1) is 23.1 Å². The van der Waals surface area contributed by atoms with E-state index in [0.717, 1.165) is 16.0 Å². The molecule has 198 valence electrons. The van der Waals surface area contributed by atoms with Gasteiger partial charge < -0.3 is 16.0 Å². The highest BCUT2D eigenvalue weighted by atomic mass is 32.2. The van der Waals surface area contributed by atoms with E-state index in [1.165, 1.54) is 23.1 Å². The van der Waals surface area contributed by atoms with Gasteiger partial charge in [-0.2, -0.15) is 0 Å². The van der Waals surface area contributed by atoms with Gasteiger partial charge in [-0.05, 0) is 55.3 Å². The van der Waals surface area contributed by atoms with Gasteiger partial charge in [0.1, 0.15) is 5.70 Å². The third-order valence-corrected chi connectivity index (χ3v) is 7.66. The van der Waals surface area contributed by atoms with Crippen molar-refractivity contribution in [1.82, 2.24) is 10.3 Å². The van der Waals surface area contributed by atoms with Gasteiger partial charge in [0.2, 0.25) is 5.91 Å². The minimum atomic E-state index is -0.462. The second-order valence-corrected chi connectivity index (χ2v) is 10.8. The number of rotatable bonds is 10. The molecule has 1 aromatic heterocycles. The van der Waals surface area contributed by atoms with E-state index in [1.807, 2.05) is 62.4 Å². The molecule has 4 rings (SSSR count). The Hall–Kier alpha value is -4.21. The van der Waals surface area contributed by atoms with Crippen LogP contribution in [0, 0.1) is 6.92 Å². The fraction of sp³-hybridized carbons (Fsp3) is 0.133.